The van der Waals surface area contributed by atoms with Crippen molar-refractivity contribution in [1.82, 2.24) is 5.32 Å². The van der Waals surface area contributed by atoms with Gasteiger partial charge in [-0.25, -0.2) is 14.0 Å². The van der Waals surface area contributed by atoms with Crippen molar-refractivity contribution in [2.24, 2.45) is 0 Å². The number of halogens is 2. The summed E-state index contributed by atoms with van der Waals surface area (Å²) in [5.74, 6) is -2.29. The summed E-state index contributed by atoms with van der Waals surface area (Å²) in [5, 5.41) is 18.7. The summed E-state index contributed by atoms with van der Waals surface area (Å²) >= 11 is 3.39. The molecule has 0 aliphatic rings. The molecule has 0 aromatic heterocycles. The number of rotatable bonds is 8. The number of aliphatic carboxylic acids is 2. The molecule has 2 aromatic carbocycles. The van der Waals surface area contributed by atoms with Gasteiger partial charge in [-0.2, -0.15) is 0 Å². The Morgan fingerprint density at radius 3 is 2.29 bits per heavy atom. The molecule has 0 fully saturated rings. The van der Waals surface area contributed by atoms with Crippen molar-refractivity contribution >= 4 is 27.9 Å². The summed E-state index contributed by atoms with van der Waals surface area (Å²) in [6.07, 6.45) is 1.82. The van der Waals surface area contributed by atoms with Crippen LogP contribution in [0, 0.1) is 5.82 Å². The van der Waals surface area contributed by atoms with Crippen molar-refractivity contribution in [3.05, 3.63) is 76.5 Å². The normalized spacial score (nSPS) is 11.4. The highest BCUT2D eigenvalue weighted by molar-refractivity contribution is 9.10. The number of carbonyl (C=O) groups is 2. The highest BCUT2D eigenvalue weighted by Gasteiger charge is 2.14. The van der Waals surface area contributed by atoms with Crippen LogP contribution in [0.3, 0.4) is 0 Å². The highest BCUT2D eigenvalue weighted by atomic mass is 79.9. The lowest BCUT2D eigenvalue weighted by Crippen LogP contribution is -2.16. The van der Waals surface area contributed by atoms with Gasteiger partial charge in [0.05, 0.1) is 4.47 Å². The summed E-state index contributed by atoms with van der Waals surface area (Å²) in [5.41, 5.74) is 1.08. The van der Waals surface area contributed by atoms with Crippen LogP contribution in [0.2, 0.25) is 0 Å². The molecular weight excluding hydrogens is 433 g/mol. The fraction of sp³-hybridized carbons (Fsp3) is 0.200. The predicted octanol–water partition coefficient (Wildman–Crippen LogP) is 4.03. The Morgan fingerprint density at radius 2 is 1.75 bits per heavy atom. The van der Waals surface area contributed by atoms with Crippen molar-refractivity contribution in [2.75, 3.05) is 13.6 Å². The van der Waals surface area contributed by atoms with Gasteiger partial charge < -0.3 is 20.3 Å². The molecule has 0 aliphatic heterocycles. The standard InChI is InChI=1S/C16H17BrFNO.C4H4O4/c1-19-10-9-15(12-5-3-2-4-6-12)20-16-11-13(18)7-8-14(16)17;5-3(6)1-2-4(7)8/h2-8,11,15,19H,9-10H2,1H3;1-2H,(H,5,6)(H,7,8). The fourth-order valence-electron chi connectivity index (χ4n) is 2.10. The molecule has 0 heterocycles. The third kappa shape index (κ3) is 9.29. The molecular formula is C20H21BrFNO5. The van der Waals surface area contributed by atoms with Crippen LogP contribution in [0.25, 0.3) is 0 Å². The smallest absolute Gasteiger partial charge is 0.328 e. The van der Waals surface area contributed by atoms with Crippen LogP contribution in [0.1, 0.15) is 18.1 Å². The van der Waals surface area contributed by atoms with Crippen LogP contribution >= 0.6 is 15.9 Å². The van der Waals surface area contributed by atoms with Crippen LogP contribution in [0.15, 0.2) is 65.2 Å². The summed E-state index contributed by atoms with van der Waals surface area (Å²) < 4.78 is 20.1. The maximum atomic E-state index is 13.3. The Kier molecular flexibility index (Phi) is 10.5. The van der Waals surface area contributed by atoms with Crippen LogP contribution in [-0.4, -0.2) is 35.7 Å². The minimum Gasteiger partial charge on any atom is -0.484 e. The molecule has 0 saturated carbocycles. The quantitative estimate of drug-likeness (QED) is 0.522. The van der Waals surface area contributed by atoms with E-state index in [9.17, 15) is 14.0 Å². The van der Waals surface area contributed by atoms with Crippen LogP contribution in [0.4, 0.5) is 4.39 Å². The van der Waals surface area contributed by atoms with Crippen LogP contribution < -0.4 is 10.1 Å². The lowest BCUT2D eigenvalue weighted by atomic mass is 10.1. The number of benzene rings is 2. The van der Waals surface area contributed by atoms with Gasteiger partial charge in [-0.3, -0.25) is 0 Å². The molecule has 0 amide bonds. The molecule has 2 rings (SSSR count). The van der Waals surface area contributed by atoms with Crippen molar-refractivity contribution in [3.8, 4) is 5.75 Å². The summed E-state index contributed by atoms with van der Waals surface area (Å²) in [6, 6.07) is 14.4. The SMILES string of the molecule is CNCCC(Oc1cc(F)ccc1Br)c1ccccc1.O=C(O)C=CC(=O)O. The van der Waals surface area contributed by atoms with Gasteiger partial charge in [0.25, 0.3) is 0 Å². The largest absolute Gasteiger partial charge is 0.484 e. The second-order valence-corrected chi connectivity index (χ2v) is 6.35. The summed E-state index contributed by atoms with van der Waals surface area (Å²) in [7, 11) is 1.90. The van der Waals surface area contributed by atoms with Crippen LogP contribution in [-0.2, 0) is 9.59 Å². The van der Waals surface area contributed by atoms with Crippen molar-refractivity contribution in [3.63, 3.8) is 0 Å². The zero-order valence-corrected chi connectivity index (χ0v) is 16.7. The van der Waals surface area contributed by atoms with E-state index in [0.717, 1.165) is 23.0 Å². The first-order chi connectivity index (χ1) is 13.3. The van der Waals surface area contributed by atoms with E-state index in [1.54, 1.807) is 6.07 Å². The van der Waals surface area contributed by atoms with Crippen molar-refractivity contribution in [2.45, 2.75) is 12.5 Å². The molecule has 28 heavy (non-hydrogen) atoms. The number of carboxylic acids is 2. The van der Waals surface area contributed by atoms with Gasteiger partial charge in [-0.05, 0) is 47.2 Å². The van der Waals surface area contributed by atoms with Gasteiger partial charge in [0.2, 0.25) is 0 Å². The molecule has 6 nitrogen and oxygen atoms in total. The first-order valence-electron chi connectivity index (χ1n) is 8.28. The molecule has 0 aliphatic carbocycles. The van der Waals surface area contributed by atoms with Gasteiger partial charge in [0, 0.05) is 24.6 Å². The van der Waals surface area contributed by atoms with E-state index in [4.69, 9.17) is 14.9 Å². The molecule has 3 N–H and O–H groups in total. The molecule has 1 atom stereocenters. The summed E-state index contributed by atoms with van der Waals surface area (Å²) in [4.78, 5) is 19.1. The Bertz CT molecular complexity index is 782. The van der Waals surface area contributed by atoms with E-state index in [0.29, 0.717) is 17.9 Å². The third-order valence-corrected chi connectivity index (χ3v) is 4.01. The Balaban J connectivity index is 0.000000416. The minimum atomic E-state index is -1.26. The lowest BCUT2D eigenvalue weighted by molar-refractivity contribution is -0.134. The summed E-state index contributed by atoms with van der Waals surface area (Å²) in [6.45, 7) is 0.826. The predicted molar refractivity (Wildman–Crippen MR) is 107 cm³/mol. The number of nitrogens with one attached hydrogen (secondary N) is 1. The Morgan fingerprint density at radius 1 is 1.14 bits per heavy atom. The van der Waals surface area contributed by atoms with Gasteiger partial charge >= 0.3 is 11.9 Å². The second-order valence-electron chi connectivity index (χ2n) is 5.49. The van der Waals surface area contributed by atoms with Crippen LogP contribution in [0.5, 0.6) is 5.75 Å². The Labute approximate surface area is 170 Å². The number of ether oxygens (including phenoxy) is 1. The first kappa shape index (κ1) is 23.3. The van der Waals surface area contributed by atoms with Gasteiger partial charge in [0.15, 0.2) is 0 Å². The second kappa shape index (κ2) is 12.6. The lowest BCUT2D eigenvalue weighted by Gasteiger charge is -2.20. The molecule has 0 spiro atoms. The van der Waals surface area contributed by atoms with E-state index >= 15 is 0 Å². The van der Waals surface area contributed by atoms with E-state index < -0.39 is 11.9 Å². The van der Waals surface area contributed by atoms with E-state index in [2.05, 4.69) is 21.2 Å². The molecule has 150 valence electrons. The average molecular weight is 454 g/mol. The van der Waals surface area contributed by atoms with E-state index in [1.807, 2.05) is 37.4 Å². The zero-order chi connectivity index (χ0) is 20.9. The van der Waals surface area contributed by atoms with Gasteiger partial charge in [-0.15, -0.1) is 0 Å². The highest BCUT2D eigenvalue weighted by Crippen LogP contribution is 2.31. The molecule has 0 radical (unpaired) electrons. The number of carboxylic acid groups (broad SMARTS) is 2. The zero-order valence-electron chi connectivity index (χ0n) is 15.1. The molecule has 0 bridgehead atoms. The minimum absolute atomic E-state index is 0.109. The Hall–Kier alpha value is -2.71. The topological polar surface area (TPSA) is 95.9 Å². The third-order valence-electron chi connectivity index (χ3n) is 3.36. The maximum absolute atomic E-state index is 13.3. The van der Waals surface area contributed by atoms with Gasteiger partial charge in [-0.1, -0.05) is 30.3 Å². The van der Waals surface area contributed by atoms with Crippen molar-refractivity contribution < 1.29 is 28.9 Å². The number of hydrogen-bond donors (Lipinski definition) is 3. The molecule has 1 unspecified atom stereocenters. The van der Waals surface area contributed by atoms with E-state index in [-0.39, 0.29) is 11.9 Å². The van der Waals surface area contributed by atoms with E-state index in [1.165, 1.54) is 12.1 Å². The number of hydrogen-bond acceptors (Lipinski definition) is 4. The first-order valence-corrected chi connectivity index (χ1v) is 9.08. The van der Waals surface area contributed by atoms with Crippen molar-refractivity contribution in [1.29, 1.82) is 0 Å². The average Bonchev–Trinajstić information content (AvgIpc) is 2.67. The molecule has 8 heteroatoms. The monoisotopic (exact) mass is 453 g/mol. The molecule has 2 aromatic rings. The fourth-order valence-corrected chi connectivity index (χ4v) is 2.44. The molecule has 0 saturated heterocycles. The van der Waals surface area contributed by atoms with Gasteiger partial charge in [0.1, 0.15) is 17.7 Å². The maximum Gasteiger partial charge on any atom is 0.328 e.